The highest BCUT2D eigenvalue weighted by molar-refractivity contribution is 6.31. The number of carbonyl (C=O) groups is 1. The number of carbonyl (C=O) groups excluding carboxylic acids is 1. The quantitative estimate of drug-likeness (QED) is 0.782. The molecule has 1 unspecified atom stereocenters. The standard InChI is InChI=1S/C13H16ClFO2/c1-3-5-12(17-2)11(16)8-9-6-4-7-10(15)13(9)14/h4,6-7,12H,3,5,8H2,1-2H3. The Morgan fingerprint density at radius 2 is 2.24 bits per heavy atom. The van der Waals surface area contributed by atoms with Gasteiger partial charge in [-0.1, -0.05) is 37.1 Å². The maximum Gasteiger partial charge on any atom is 0.165 e. The number of hydrogen-bond donors (Lipinski definition) is 0. The molecule has 0 fully saturated rings. The normalized spacial score (nSPS) is 12.5. The van der Waals surface area contributed by atoms with E-state index in [0.717, 1.165) is 6.42 Å². The van der Waals surface area contributed by atoms with E-state index in [2.05, 4.69) is 0 Å². The molecule has 4 heteroatoms. The molecule has 0 heterocycles. The van der Waals surface area contributed by atoms with Crippen LogP contribution in [0, 0.1) is 5.82 Å². The zero-order chi connectivity index (χ0) is 12.8. The fourth-order valence-corrected chi connectivity index (χ4v) is 1.85. The van der Waals surface area contributed by atoms with Crippen LogP contribution in [-0.2, 0) is 16.0 Å². The molecular formula is C13H16ClFO2. The van der Waals surface area contributed by atoms with Crippen molar-refractivity contribution >= 4 is 17.4 Å². The van der Waals surface area contributed by atoms with Gasteiger partial charge in [-0.05, 0) is 18.1 Å². The SMILES string of the molecule is CCCC(OC)C(=O)Cc1cccc(F)c1Cl. The van der Waals surface area contributed by atoms with Gasteiger partial charge in [0.15, 0.2) is 5.78 Å². The second-order valence-corrected chi connectivity index (χ2v) is 4.25. The zero-order valence-electron chi connectivity index (χ0n) is 10.0. The summed E-state index contributed by atoms with van der Waals surface area (Å²) in [6.45, 7) is 1.98. The van der Waals surface area contributed by atoms with Crippen molar-refractivity contribution in [2.75, 3.05) is 7.11 Å². The molecule has 0 bridgehead atoms. The smallest absolute Gasteiger partial charge is 0.165 e. The minimum Gasteiger partial charge on any atom is -0.374 e. The van der Waals surface area contributed by atoms with Gasteiger partial charge in [0.05, 0.1) is 5.02 Å². The van der Waals surface area contributed by atoms with E-state index in [1.54, 1.807) is 12.1 Å². The van der Waals surface area contributed by atoms with E-state index >= 15 is 0 Å². The summed E-state index contributed by atoms with van der Waals surface area (Å²) in [4.78, 5) is 11.9. The monoisotopic (exact) mass is 258 g/mol. The Labute approximate surface area is 106 Å². The average molecular weight is 259 g/mol. The van der Waals surface area contributed by atoms with E-state index in [-0.39, 0.29) is 17.2 Å². The van der Waals surface area contributed by atoms with Gasteiger partial charge in [0.25, 0.3) is 0 Å². The van der Waals surface area contributed by atoms with Crippen molar-refractivity contribution in [3.63, 3.8) is 0 Å². The van der Waals surface area contributed by atoms with Gasteiger partial charge in [-0.3, -0.25) is 4.79 Å². The third-order valence-electron chi connectivity index (χ3n) is 2.59. The van der Waals surface area contributed by atoms with Crippen molar-refractivity contribution < 1.29 is 13.9 Å². The molecule has 0 aromatic heterocycles. The van der Waals surface area contributed by atoms with Gasteiger partial charge >= 0.3 is 0 Å². The number of benzene rings is 1. The van der Waals surface area contributed by atoms with E-state index in [4.69, 9.17) is 16.3 Å². The fraction of sp³-hybridized carbons (Fsp3) is 0.462. The van der Waals surface area contributed by atoms with Crippen molar-refractivity contribution in [1.82, 2.24) is 0 Å². The lowest BCUT2D eigenvalue weighted by atomic mass is 10.0. The number of rotatable bonds is 6. The summed E-state index contributed by atoms with van der Waals surface area (Å²) >= 11 is 5.79. The topological polar surface area (TPSA) is 26.3 Å². The highest BCUT2D eigenvalue weighted by Crippen LogP contribution is 2.21. The Hall–Kier alpha value is -0.930. The van der Waals surface area contributed by atoms with Gasteiger partial charge in [-0.2, -0.15) is 0 Å². The van der Waals surface area contributed by atoms with E-state index in [9.17, 15) is 9.18 Å². The molecule has 1 rings (SSSR count). The average Bonchev–Trinajstić information content (AvgIpc) is 2.31. The van der Waals surface area contributed by atoms with Gasteiger partial charge in [0.2, 0.25) is 0 Å². The molecule has 0 spiro atoms. The largest absolute Gasteiger partial charge is 0.374 e. The molecule has 0 aliphatic heterocycles. The molecule has 0 aliphatic carbocycles. The van der Waals surface area contributed by atoms with Crippen LogP contribution < -0.4 is 0 Å². The minimum atomic E-state index is -0.499. The molecule has 1 aromatic rings. The molecule has 2 nitrogen and oxygen atoms in total. The third kappa shape index (κ3) is 3.79. The molecule has 0 radical (unpaired) electrons. The Morgan fingerprint density at radius 1 is 1.53 bits per heavy atom. The lowest BCUT2D eigenvalue weighted by molar-refractivity contribution is -0.128. The first kappa shape index (κ1) is 14.1. The molecule has 17 heavy (non-hydrogen) atoms. The van der Waals surface area contributed by atoms with Crippen LogP contribution in [0.2, 0.25) is 5.02 Å². The van der Waals surface area contributed by atoms with E-state index in [1.165, 1.54) is 13.2 Å². The van der Waals surface area contributed by atoms with Crippen LogP contribution in [0.1, 0.15) is 25.3 Å². The highest BCUT2D eigenvalue weighted by atomic mass is 35.5. The summed E-state index contributed by atoms with van der Waals surface area (Å²) in [6, 6.07) is 4.48. The van der Waals surface area contributed by atoms with Crippen LogP contribution in [0.4, 0.5) is 4.39 Å². The van der Waals surface area contributed by atoms with Crippen LogP contribution in [0.25, 0.3) is 0 Å². The summed E-state index contributed by atoms with van der Waals surface area (Å²) in [7, 11) is 1.51. The fourth-order valence-electron chi connectivity index (χ4n) is 1.66. The number of hydrogen-bond acceptors (Lipinski definition) is 2. The van der Waals surface area contributed by atoms with Crippen LogP contribution >= 0.6 is 11.6 Å². The number of ketones is 1. The lowest BCUT2D eigenvalue weighted by Gasteiger charge is -2.13. The molecule has 94 valence electrons. The molecule has 1 atom stereocenters. The van der Waals surface area contributed by atoms with E-state index in [0.29, 0.717) is 12.0 Å². The van der Waals surface area contributed by atoms with Gasteiger partial charge in [0, 0.05) is 13.5 Å². The van der Waals surface area contributed by atoms with Crippen LogP contribution in [0.15, 0.2) is 18.2 Å². The minimum absolute atomic E-state index is 0.0206. The van der Waals surface area contributed by atoms with Gasteiger partial charge in [0.1, 0.15) is 11.9 Å². The zero-order valence-corrected chi connectivity index (χ0v) is 10.8. The van der Waals surface area contributed by atoms with Crippen molar-refractivity contribution in [1.29, 1.82) is 0 Å². The number of ether oxygens (including phenoxy) is 1. The summed E-state index contributed by atoms with van der Waals surface area (Å²) in [5, 5.41) is 0.0206. The van der Waals surface area contributed by atoms with Crippen LogP contribution in [-0.4, -0.2) is 19.0 Å². The van der Waals surface area contributed by atoms with Crippen LogP contribution in [0.3, 0.4) is 0 Å². The first-order valence-corrected chi connectivity index (χ1v) is 5.96. The van der Waals surface area contributed by atoms with Gasteiger partial charge in [-0.25, -0.2) is 4.39 Å². The van der Waals surface area contributed by atoms with Crippen molar-refractivity contribution in [2.24, 2.45) is 0 Å². The molecule has 0 amide bonds. The van der Waals surface area contributed by atoms with E-state index in [1.807, 2.05) is 6.92 Å². The van der Waals surface area contributed by atoms with E-state index < -0.39 is 11.9 Å². The molecule has 0 aliphatic rings. The second kappa shape index (κ2) is 6.72. The highest BCUT2D eigenvalue weighted by Gasteiger charge is 2.18. The van der Waals surface area contributed by atoms with Crippen molar-refractivity contribution in [2.45, 2.75) is 32.3 Å². The van der Waals surface area contributed by atoms with Crippen molar-refractivity contribution in [3.8, 4) is 0 Å². The maximum absolute atomic E-state index is 13.2. The van der Waals surface area contributed by atoms with Gasteiger partial charge in [-0.15, -0.1) is 0 Å². The Bertz CT molecular complexity index is 393. The summed E-state index contributed by atoms with van der Waals surface area (Å²) in [5.74, 6) is -0.566. The predicted molar refractivity (Wildman–Crippen MR) is 65.8 cm³/mol. The molecule has 1 aromatic carbocycles. The Kier molecular flexibility index (Phi) is 5.59. The molecule has 0 saturated carbocycles. The predicted octanol–water partition coefficient (Wildman–Crippen LogP) is 3.41. The number of Topliss-reactive ketones (excluding diaryl/α,β-unsaturated/α-hetero) is 1. The number of methoxy groups -OCH3 is 1. The summed E-state index contributed by atoms with van der Waals surface area (Å²) < 4.78 is 18.3. The van der Waals surface area contributed by atoms with Crippen molar-refractivity contribution in [3.05, 3.63) is 34.6 Å². The first-order valence-electron chi connectivity index (χ1n) is 5.58. The molecule has 0 saturated heterocycles. The number of halogens is 2. The second-order valence-electron chi connectivity index (χ2n) is 3.87. The summed E-state index contributed by atoms with van der Waals surface area (Å²) in [6.07, 6.45) is 1.21. The Balaban J connectivity index is 2.76. The lowest BCUT2D eigenvalue weighted by Crippen LogP contribution is -2.24. The molecule has 0 N–H and O–H groups in total. The van der Waals surface area contributed by atoms with Crippen LogP contribution in [0.5, 0.6) is 0 Å². The summed E-state index contributed by atoms with van der Waals surface area (Å²) in [5.41, 5.74) is 0.509. The van der Waals surface area contributed by atoms with Gasteiger partial charge < -0.3 is 4.74 Å². The third-order valence-corrected chi connectivity index (χ3v) is 3.01. The molecular weight excluding hydrogens is 243 g/mol. The first-order chi connectivity index (χ1) is 8.10. The maximum atomic E-state index is 13.2. The Morgan fingerprint density at radius 3 is 2.82 bits per heavy atom.